The van der Waals surface area contributed by atoms with E-state index in [4.69, 9.17) is 0 Å². The van der Waals surface area contributed by atoms with Crippen LogP contribution in [0.25, 0.3) is 0 Å². The van der Waals surface area contributed by atoms with Gasteiger partial charge in [0.15, 0.2) is 0 Å². The molecule has 1 aliphatic rings. The molecule has 0 atom stereocenters. The van der Waals surface area contributed by atoms with E-state index in [1.54, 1.807) is 0 Å². The molecule has 1 rings (SSSR count). The van der Waals surface area contributed by atoms with E-state index < -0.39 is 0 Å². The monoisotopic (exact) mass is 178 g/mol. The molecule has 0 aromatic heterocycles. The Hall–Kier alpha value is 0.870. The normalized spacial score (nSPS) is 15.0. The highest BCUT2D eigenvalue weighted by Gasteiger charge is 1.95. The lowest BCUT2D eigenvalue weighted by molar-refractivity contribution is 0.886. The first-order valence-corrected chi connectivity index (χ1v) is 2.50. The van der Waals surface area contributed by atoms with E-state index in [2.05, 4.69) is 0 Å². The van der Waals surface area contributed by atoms with Crippen LogP contribution >= 0.6 is 37.2 Å². The van der Waals surface area contributed by atoms with Gasteiger partial charge in [-0.1, -0.05) is 32.1 Å². The SMILES string of the molecule is C1CCCC1.Cl.Cl.Cl. The van der Waals surface area contributed by atoms with Gasteiger partial charge in [0, 0.05) is 0 Å². The number of halogens is 3. The van der Waals surface area contributed by atoms with Gasteiger partial charge in [0.25, 0.3) is 0 Å². The van der Waals surface area contributed by atoms with Gasteiger partial charge in [-0.15, -0.1) is 37.2 Å². The van der Waals surface area contributed by atoms with Gasteiger partial charge in [-0.3, -0.25) is 0 Å². The Kier molecular flexibility index (Phi) is 21.5. The van der Waals surface area contributed by atoms with Gasteiger partial charge in [0.2, 0.25) is 0 Å². The lowest BCUT2D eigenvalue weighted by atomic mass is 10.4. The summed E-state index contributed by atoms with van der Waals surface area (Å²) in [6, 6.07) is 0. The summed E-state index contributed by atoms with van der Waals surface area (Å²) in [7, 11) is 0. The van der Waals surface area contributed by atoms with Crippen molar-refractivity contribution in [3.63, 3.8) is 0 Å². The fourth-order valence-electron chi connectivity index (χ4n) is 0.884. The highest BCUT2D eigenvalue weighted by molar-refractivity contribution is 5.86. The molecule has 0 amide bonds. The molecule has 0 aliphatic heterocycles. The molecule has 3 heteroatoms. The third kappa shape index (κ3) is 6.87. The summed E-state index contributed by atoms with van der Waals surface area (Å²) in [5.74, 6) is 0. The topological polar surface area (TPSA) is 0 Å². The van der Waals surface area contributed by atoms with Crippen molar-refractivity contribution < 1.29 is 0 Å². The van der Waals surface area contributed by atoms with Crippen LogP contribution in [0.3, 0.4) is 0 Å². The standard InChI is InChI=1S/C5H10.3ClH/c1-2-4-5-3-1;;;/h1-5H2;3*1H. The van der Waals surface area contributed by atoms with Crippen LogP contribution in [0.15, 0.2) is 0 Å². The summed E-state index contributed by atoms with van der Waals surface area (Å²) in [5, 5.41) is 0. The van der Waals surface area contributed by atoms with Crippen LogP contribution < -0.4 is 0 Å². The molecule has 1 aliphatic carbocycles. The van der Waals surface area contributed by atoms with E-state index in [-0.39, 0.29) is 37.2 Å². The largest absolute Gasteiger partial charge is 0.147 e. The van der Waals surface area contributed by atoms with Crippen LogP contribution in [-0.4, -0.2) is 0 Å². The molecule has 0 nitrogen and oxygen atoms in total. The van der Waals surface area contributed by atoms with Crippen molar-refractivity contribution in [3.05, 3.63) is 0 Å². The first-order chi connectivity index (χ1) is 2.50. The van der Waals surface area contributed by atoms with E-state index in [1.807, 2.05) is 0 Å². The minimum atomic E-state index is 0. The van der Waals surface area contributed by atoms with Gasteiger partial charge in [-0.05, 0) is 0 Å². The molecule has 0 radical (unpaired) electrons. The Morgan fingerprint density at radius 1 is 0.375 bits per heavy atom. The fraction of sp³-hybridized carbons (Fsp3) is 1.00. The molecule has 0 spiro atoms. The first-order valence-electron chi connectivity index (χ1n) is 2.50. The Bertz CT molecular complexity index is 19.2. The van der Waals surface area contributed by atoms with Gasteiger partial charge < -0.3 is 0 Å². The van der Waals surface area contributed by atoms with Gasteiger partial charge >= 0.3 is 0 Å². The minimum Gasteiger partial charge on any atom is -0.147 e. The molecule has 0 aromatic carbocycles. The summed E-state index contributed by atoms with van der Waals surface area (Å²) in [5.41, 5.74) is 0. The van der Waals surface area contributed by atoms with Crippen molar-refractivity contribution >= 4 is 37.2 Å². The third-order valence-electron chi connectivity index (χ3n) is 1.25. The first kappa shape index (κ1) is 15.9. The van der Waals surface area contributed by atoms with Crippen LogP contribution in [0.1, 0.15) is 32.1 Å². The van der Waals surface area contributed by atoms with Crippen LogP contribution in [0.4, 0.5) is 0 Å². The zero-order valence-electron chi connectivity index (χ0n) is 4.76. The summed E-state index contributed by atoms with van der Waals surface area (Å²) >= 11 is 0. The molecule has 54 valence electrons. The van der Waals surface area contributed by atoms with Gasteiger partial charge in [-0.25, -0.2) is 0 Å². The van der Waals surface area contributed by atoms with Gasteiger partial charge in [0.1, 0.15) is 0 Å². The maximum absolute atomic E-state index is 1.50. The molecule has 0 N–H and O–H groups in total. The molecule has 0 heterocycles. The average Bonchev–Trinajstić information content (AvgIpc) is 1.76. The molecule has 0 aromatic rings. The summed E-state index contributed by atoms with van der Waals surface area (Å²) in [6.07, 6.45) is 7.50. The number of hydrogen-bond acceptors (Lipinski definition) is 0. The van der Waals surface area contributed by atoms with E-state index in [0.29, 0.717) is 0 Å². The third-order valence-corrected chi connectivity index (χ3v) is 1.25. The van der Waals surface area contributed by atoms with Crippen molar-refractivity contribution in [1.82, 2.24) is 0 Å². The van der Waals surface area contributed by atoms with E-state index in [0.717, 1.165) is 0 Å². The zero-order valence-corrected chi connectivity index (χ0v) is 7.21. The fourth-order valence-corrected chi connectivity index (χ4v) is 0.884. The quantitative estimate of drug-likeness (QED) is 0.536. The van der Waals surface area contributed by atoms with Crippen LogP contribution in [0.5, 0.6) is 0 Å². The van der Waals surface area contributed by atoms with Crippen molar-refractivity contribution in [1.29, 1.82) is 0 Å². The van der Waals surface area contributed by atoms with E-state index >= 15 is 0 Å². The Morgan fingerprint density at radius 3 is 0.625 bits per heavy atom. The van der Waals surface area contributed by atoms with E-state index in [1.165, 1.54) is 32.1 Å². The predicted molar refractivity (Wildman–Crippen MR) is 44.8 cm³/mol. The predicted octanol–water partition coefficient (Wildman–Crippen LogP) is 3.22. The molecule has 0 bridgehead atoms. The molecular formula is C5H13Cl3. The highest BCUT2D eigenvalue weighted by Crippen LogP contribution is 2.15. The molecule has 1 fully saturated rings. The zero-order chi connectivity index (χ0) is 3.54. The molecule has 8 heavy (non-hydrogen) atoms. The van der Waals surface area contributed by atoms with E-state index in [9.17, 15) is 0 Å². The lowest BCUT2D eigenvalue weighted by Crippen LogP contribution is -1.47. The lowest BCUT2D eigenvalue weighted by Gasteiger charge is -1.67. The molecule has 1 saturated carbocycles. The maximum atomic E-state index is 1.50. The molecule has 0 saturated heterocycles. The smallest absolute Gasteiger partial charge is 0.0533 e. The second-order valence-corrected chi connectivity index (χ2v) is 1.77. The van der Waals surface area contributed by atoms with Crippen LogP contribution in [-0.2, 0) is 0 Å². The minimum absolute atomic E-state index is 0. The second-order valence-electron chi connectivity index (χ2n) is 1.77. The Balaban J connectivity index is -0.0000000833. The van der Waals surface area contributed by atoms with Gasteiger partial charge in [-0.2, -0.15) is 0 Å². The summed E-state index contributed by atoms with van der Waals surface area (Å²) in [4.78, 5) is 0. The number of rotatable bonds is 0. The van der Waals surface area contributed by atoms with Crippen molar-refractivity contribution in [2.75, 3.05) is 0 Å². The van der Waals surface area contributed by atoms with Crippen molar-refractivity contribution in [2.45, 2.75) is 32.1 Å². The highest BCUT2D eigenvalue weighted by atomic mass is 35.5. The van der Waals surface area contributed by atoms with Crippen molar-refractivity contribution in [2.24, 2.45) is 0 Å². The Morgan fingerprint density at radius 2 is 0.500 bits per heavy atom. The van der Waals surface area contributed by atoms with Gasteiger partial charge in [0.05, 0.1) is 0 Å². The summed E-state index contributed by atoms with van der Waals surface area (Å²) < 4.78 is 0. The maximum Gasteiger partial charge on any atom is -0.0533 e. The van der Waals surface area contributed by atoms with Crippen molar-refractivity contribution in [3.8, 4) is 0 Å². The summed E-state index contributed by atoms with van der Waals surface area (Å²) in [6.45, 7) is 0. The molecular weight excluding hydrogens is 166 g/mol. The average molecular weight is 180 g/mol. The van der Waals surface area contributed by atoms with Crippen LogP contribution in [0, 0.1) is 0 Å². The second kappa shape index (κ2) is 10.8. The molecule has 0 unspecified atom stereocenters. The number of hydrogen-bond donors (Lipinski definition) is 0. The Labute approximate surface area is 69.7 Å². The van der Waals surface area contributed by atoms with Crippen LogP contribution in [0.2, 0.25) is 0 Å².